The van der Waals surface area contributed by atoms with Crippen molar-refractivity contribution in [3.8, 4) is 11.1 Å². The fourth-order valence-electron chi connectivity index (χ4n) is 3.64. The molecule has 0 saturated carbocycles. The van der Waals surface area contributed by atoms with Crippen molar-refractivity contribution < 1.29 is 13.2 Å². The van der Waals surface area contributed by atoms with Crippen molar-refractivity contribution in [2.75, 3.05) is 22.0 Å². The molecule has 0 atom stereocenters. The predicted molar refractivity (Wildman–Crippen MR) is 144 cm³/mol. The highest BCUT2D eigenvalue weighted by Gasteiger charge is 2.18. The van der Waals surface area contributed by atoms with Crippen molar-refractivity contribution in [2.45, 2.75) is 4.90 Å². The zero-order valence-electron chi connectivity index (χ0n) is 19.5. The second kappa shape index (κ2) is 10.3. The van der Waals surface area contributed by atoms with E-state index in [0.717, 1.165) is 0 Å². The van der Waals surface area contributed by atoms with E-state index in [2.05, 4.69) is 10.7 Å². The lowest BCUT2D eigenvalue weighted by Gasteiger charge is -2.25. The van der Waals surface area contributed by atoms with E-state index in [4.69, 9.17) is 11.1 Å². The number of hydrogen-bond donors (Lipinski definition) is 4. The number of hydrazine groups is 1. The number of para-hydroxylation sites is 1. The van der Waals surface area contributed by atoms with Gasteiger partial charge in [0, 0.05) is 23.1 Å². The molecule has 0 aliphatic rings. The molecule has 9 heteroatoms. The van der Waals surface area contributed by atoms with Crippen LogP contribution in [0.4, 0.5) is 21.9 Å². The van der Waals surface area contributed by atoms with Gasteiger partial charge in [0.1, 0.15) is 5.84 Å². The zero-order valence-corrected chi connectivity index (χ0v) is 20.3. The molecule has 0 saturated heterocycles. The van der Waals surface area contributed by atoms with Crippen LogP contribution in [-0.2, 0) is 9.84 Å². The second-order valence-corrected chi connectivity index (χ2v) is 10.0. The molecule has 0 unspecified atom stereocenters. The number of nitrogens with zero attached hydrogens (tertiary/aromatic N) is 1. The van der Waals surface area contributed by atoms with Gasteiger partial charge in [0.15, 0.2) is 9.84 Å². The first-order valence-electron chi connectivity index (χ1n) is 11.0. The summed E-state index contributed by atoms with van der Waals surface area (Å²) in [6.07, 6.45) is 1.18. The average molecular weight is 500 g/mol. The SMILES string of the molecule is CS(=O)(=O)c1ccccc1-c1ccc(NC(=O)N(Nc2cccc(C(=N)N)c2)c2ccccc2)cc1. The number of hydrogen-bond acceptors (Lipinski definition) is 5. The molecule has 0 heterocycles. The quantitative estimate of drug-likeness (QED) is 0.160. The minimum Gasteiger partial charge on any atom is -0.384 e. The molecular formula is C27H25N5O3S. The van der Waals surface area contributed by atoms with Crippen molar-refractivity contribution in [3.63, 3.8) is 0 Å². The number of nitrogens with two attached hydrogens (primary N) is 1. The highest BCUT2D eigenvalue weighted by molar-refractivity contribution is 7.90. The summed E-state index contributed by atoms with van der Waals surface area (Å²) in [7, 11) is -3.40. The third-order valence-corrected chi connectivity index (χ3v) is 6.52. The summed E-state index contributed by atoms with van der Waals surface area (Å²) in [5, 5.41) is 11.9. The van der Waals surface area contributed by atoms with Crippen LogP contribution in [0.15, 0.2) is 108 Å². The molecule has 8 nitrogen and oxygen atoms in total. The molecule has 0 aliphatic carbocycles. The van der Waals surface area contributed by atoms with Crippen molar-refractivity contribution in [2.24, 2.45) is 5.73 Å². The van der Waals surface area contributed by atoms with Gasteiger partial charge in [-0.2, -0.15) is 0 Å². The lowest BCUT2D eigenvalue weighted by molar-refractivity contribution is 0.258. The van der Waals surface area contributed by atoms with Crippen molar-refractivity contribution >= 4 is 38.8 Å². The number of carbonyl (C=O) groups excluding carboxylic acids is 1. The van der Waals surface area contributed by atoms with Gasteiger partial charge < -0.3 is 11.1 Å². The fraction of sp³-hybridized carbons (Fsp3) is 0.0370. The van der Waals surface area contributed by atoms with E-state index in [0.29, 0.717) is 33.8 Å². The van der Waals surface area contributed by atoms with Crippen LogP contribution in [0.1, 0.15) is 5.56 Å². The Balaban J connectivity index is 1.59. The first-order valence-corrected chi connectivity index (χ1v) is 12.9. The molecule has 2 amide bonds. The number of sulfone groups is 1. The van der Waals surface area contributed by atoms with Gasteiger partial charge in [-0.1, -0.05) is 60.7 Å². The van der Waals surface area contributed by atoms with Gasteiger partial charge in [-0.3, -0.25) is 10.8 Å². The molecule has 182 valence electrons. The summed E-state index contributed by atoms with van der Waals surface area (Å²) in [5.41, 5.74) is 12.2. The monoisotopic (exact) mass is 499 g/mol. The maximum absolute atomic E-state index is 13.3. The Morgan fingerprint density at radius 2 is 1.50 bits per heavy atom. The van der Waals surface area contributed by atoms with E-state index < -0.39 is 15.9 Å². The number of anilines is 3. The number of amidine groups is 1. The number of benzene rings is 4. The smallest absolute Gasteiger partial charge is 0.345 e. The van der Waals surface area contributed by atoms with E-state index in [-0.39, 0.29) is 10.7 Å². The number of nitrogen functional groups attached to an aromatic ring is 1. The Morgan fingerprint density at radius 3 is 2.17 bits per heavy atom. The Hall–Kier alpha value is -4.63. The van der Waals surface area contributed by atoms with Crippen LogP contribution in [0, 0.1) is 5.41 Å². The van der Waals surface area contributed by atoms with Gasteiger partial charge in [-0.25, -0.2) is 18.2 Å². The number of carbonyl (C=O) groups is 1. The highest BCUT2D eigenvalue weighted by Crippen LogP contribution is 2.28. The summed E-state index contributed by atoms with van der Waals surface area (Å²) < 4.78 is 24.3. The summed E-state index contributed by atoms with van der Waals surface area (Å²) >= 11 is 0. The van der Waals surface area contributed by atoms with E-state index >= 15 is 0 Å². The second-order valence-electron chi connectivity index (χ2n) is 8.05. The fourth-order valence-corrected chi connectivity index (χ4v) is 4.55. The largest absolute Gasteiger partial charge is 0.384 e. The third-order valence-electron chi connectivity index (χ3n) is 5.37. The lowest BCUT2D eigenvalue weighted by Crippen LogP contribution is -2.39. The average Bonchev–Trinajstić information content (AvgIpc) is 2.88. The minimum absolute atomic E-state index is 0.0769. The molecule has 4 aromatic rings. The molecule has 0 fully saturated rings. The van der Waals surface area contributed by atoms with Crippen molar-refractivity contribution in [1.29, 1.82) is 5.41 Å². The molecule has 0 bridgehead atoms. The molecule has 36 heavy (non-hydrogen) atoms. The molecule has 0 aromatic heterocycles. The summed E-state index contributed by atoms with van der Waals surface area (Å²) in [4.78, 5) is 13.5. The standard InChI is InChI=1S/C27H25N5O3S/c1-36(34,35)25-13-6-5-12-24(25)19-14-16-21(17-15-19)30-27(33)32(23-10-3-2-4-11-23)31-22-9-7-8-20(18-22)26(28)29/h2-18,31H,1H3,(H3,28,29)(H,30,33). The summed E-state index contributed by atoms with van der Waals surface area (Å²) in [6.45, 7) is 0. The van der Waals surface area contributed by atoms with Gasteiger partial charge in [-0.05, 0) is 48.0 Å². The predicted octanol–water partition coefficient (Wildman–Crippen LogP) is 5.11. The number of rotatable bonds is 7. The van der Waals surface area contributed by atoms with Crippen molar-refractivity contribution in [3.05, 3.63) is 109 Å². The van der Waals surface area contributed by atoms with Crippen LogP contribution in [0.5, 0.6) is 0 Å². The van der Waals surface area contributed by atoms with Gasteiger partial charge in [0.2, 0.25) is 0 Å². The molecule has 5 N–H and O–H groups in total. The molecule has 0 spiro atoms. The van der Waals surface area contributed by atoms with Gasteiger partial charge in [0.25, 0.3) is 0 Å². The maximum atomic E-state index is 13.3. The van der Waals surface area contributed by atoms with Gasteiger partial charge in [-0.15, -0.1) is 0 Å². The zero-order chi connectivity index (χ0) is 25.7. The highest BCUT2D eigenvalue weighted by atomic mass is 32.2. The normalized spacial score (nSPS) is 10.9. The van der Waals surface area contributed by atoms with Crippen LogP contribution < -0.4 is 21.5 Å². The topological polar surface area (TPSA) is 128 Å². The van der Waals surface area contributed by atoms with Crippen molar-refractivity contribution in [1.82, 2.24) is 0 Å². The maximum Gasteiger partial charge on any atom is 0.345 e. The van der Waals surface area contributed by atoms with E-state index in [1.807, 2.05) is 18.2 Å². The Bertz CT molecular complexity index is 1500. The number of urea groups is 1. The van der Waals surface area contributed by atoms with Crippen LogP contribution in [0.25, 0.3) is 11.1 Å². The molecule has 4 aromatic carbocycles. The van der Waals surface area contributed by atoms with E-state index in [9.17, 15) is 13.2 Å². The van der Waals surface area contributed by atoms with Crippen LogP contribution in [0.2, 0.25) is 0 Å². The van der Waals surface area contributed by atoms with Crippen LogP contribution >= 0.6 is 0 Å². The number of amides is 2. The van der Waals surface area contributed by atoms with E-state index in [1.165, 1.54) is 11.3 Å². The lowest BCUT2D eigenvalue weighted by atomic mass is 10.1. The summed E-state index contributed by atoms with van der Waals surface area (Å²) in [6, 6.07) is 29.3. The Labute approximate surface area is 209 Å². The Kier molecular flexibility index (Phi) is 7.03. The first-order chi connectivity index (χ1) is 17.2. The summed E-state index contributed by atoms with van der Waals surface area (Å²) in [5.74, 6) is -0.0769. The minimum atomic E-state index is -3.40. The third kappa shape index (κ3) is 5.70. The van der Waals surface area contributed by atoms with Gasteiger partial charge >= 0.3 is 6.03 Å². The first kappa shape index (κ1) is 24.5. The van der Waals surface area contributed by atoms with Gasteiger partial charge in [0.05, 0.1) is 16.3 Å². The van der Waals surface area contributed by atoms with Crippen LogP contribution in [0.3, 0.4) is 0 Å². The van der Waals surface area contributed by atoms with E-state index in [1.54, 1.807) is 84.9 Å². The molecule has 0 radical (unpaired) electrons. The number of nitrogens with one attached hydrogen (secondary N) is 3. The Morgan fingerprint density at radius 1 is 0.833 bits per heavy atom. The molecular weight excluding hydrogens is 474 g/mol. The molecule has 4 rings (SSSR count). The molecule has 0 aliphatic heterocycles. The van der Waals surface area contributed by atoms with Crippen LogP contribution in [-0.4, -0.2) is 26.5 Å².